The smallest absolute Gasteiger partial charge is 0.264 e. The zero-order valence-electron chi connectivity index (χ0n) is 11.5. The van der Waals surface area contributed by atoms with E-state index in [0.717, 1.165) is 5.56 Å². The van der Waals surface area contributed by atoms with Crippen LogP contribution in [-0.2, 0) is 4.79 Å². The molecule has 0 saturated heterocycles. The van der Waals surface area contributed by atoms with Crippen molar-refractivity contribution in [3.63, 3.8) is 0 Å². The van der Waals surface area contributed by atoms with Gasteiger partial charge >= 0.3 is 0 Å². The average molecular weight is 301 g/mol. The van der Waals surface area contributed by atoms with Gasteiger partial charge in [-0.25, -0.2) is 4.98 Å². The molecule has 108 valence electrons. The number of anilines is 1. The normalized spacial score (nSPS) is 9.76. The zero-order chi connectivity index (χ0) is 15.1. The van der Waals surface area contributed by atoms with E-state index in [-0.39, 0.29) is 17.6 Å². The van der Waals surface area contributed by atoms with Gasteiger partial charge in [0, 0.05) is 6.20 Å². The Bertz CT molecular complexity index is 615. The number of aromatic nitrogens is 1. The van der Waals surface area contributed by atoms with E-state index < -0.39 is 0 Å². The van der Waals surface area contributed by atoms with E-state index >= 15 is 0 Å². The number of carbonyl (C=O) groups excluding carboxylic acids is 1. The second-order valence-electron chi connectivity index (χ2n) is 4.32. The highest BCUT2D eigenvalue weighted by Gasteiger charge is 2.06. The van der Waals surface area contributed by atoms with Gasteiger partial charge in [-0.1, -0.05) is 23.8 Å². The number of pyridine rings is 1. The van der Waals surface area contributed by atoms with Crippen LogP contribution in [0.5, 0.6) is 5.75 Å². The van der Waals surface area contributed by atoms with Gasteiger partial charge in [0.1, 0.15) is 11.6 Å². The number of thiocarbonyl (C=S) groups is 1. The van der Waals surface area contributed by atoms with Gasteiger partial charge in [0.2, 0.25) is 0 Å². The Morgan fingerprint density at radius 2 is 2.00 bits per heavy atom. The van der Waals surface area contributed by atoms with E-state index in [1.54, 1.807) is 18.3 Å². The summed E-state index contributed by atoms with van der Waals surface area (Å²) in [7, 11) is 0. The molecule has 21 heavy (non-hydrogen) atoms. The van der Waals surface area contributed by atoms with E-state index in [9.17, 15) is 4.79 Å². The molecule has 0 saturated carbocycles. The molecule has 0 atom stereocenters. The minimum atomic E-state index is -0.330. The fraction of sp³-hybridized carbons (Fsp3) is 0.133. The lowest BCUT2D eigenvalue weighted by molar-refractivity contribution is -0.121. The number of benzene rings is 1. The molecule has 1 heterocycles. The fourth-order valence-corrected chi connectivity index (χ4v) is 1.75. The molecule has 2 aromatic rings. The van der Waals surface area contributed by atoms with Crippen molar-refractivity contribution in [3.05, 3.63) is 54.2 Å². The molecule has 0 unspecified atom stereocenters. The van der Waals surface area contributed by atoms with Gasteiger partial charge in [-0.3, -0.25) is 10.1 Å². The van der Waals surface area contributed by atoms with Gasteiger partial charge in [-0.05, 0) is 43.4 Å². The molecule has 1 aromatic carbocycles. The Morgan fingerprint density at radius 1 is 1.24 bits per heavy atom. The van der Waals surface area contributed by atoms with Crippen LogP contribution in [0.3, 0.4) is 0 Å². The molecule has 0 spiro atoms. The summed E-state index contributed by atoms with van der Waals surface area (Å²) in [6, 6.07) is 12.8. The van der Waals surface area contributed by atoms with Crippen LogP contribution in [0.25, 0.3) is 0 Å². The van der Waals surface area contributed by atoms with Crippen molar-refractivity contribution in [2.24, 2.45) is 0 Å². The van der Waals surface area contributed by atoms with E-state index in [1.165, 1.54) is 0 Å². The van der Waals surface area contributed by atoms with Crippen molar-refractivity contribution in [3.8, 4) is 5.75 Å². The van der Waals surface area contributed by atoms with Crippen LogP contribution >= 0.6 is 12.2 Å². The molecule has 5 nitrogen and oxygen atoms in total. The first-order chi connectivity index (χ1) is 10.1. The maximum absolute atomic E-state index is 11.7. The molecule has 2 N–H and O–H groups in total. The SMILES string of the molecule is Cc1ccc(OCC(=O)NC(=S)Nc2ccccn2)cc1. The number of aryl methyl sites for hydroxylation is 1. The van der Waals surface area contributed by atoms with Crippen LogP contribution in [0.15, 0.2) is 48.7 Å². The van der Waals surface area contributed by atoms with E-state index in [1.807, 2.05) is 37.3 Å². The highest BCUT2D eigenvalue weighted by molar-refractivity contribution is 7.80. The molecular formula is C15H15N3O2S. The first kappa shape index (κ1) is 14.9. The minimum Gasteiger partial charge on any atom is -0.484 e. The summed E-state index contributed by atoms with van der Waals surface area (Å²) >= 11 is 5.02. The predicted molar refractivity (Wildman–Crippen MR) is 85.3 cm³/mol. The van der Waals surface area contributed by atoms with Crippen molar-refractivity contribution in [1.82, 2.24) is 10.3 Å². The van der Waals surface area contributed by atoms with Crippen molar-refractivity contribution >= 4 is 29.1 Å². The molecule has 0 aliphatic carbocycles. The first-order valence-electron chi connectivity index (χ1n) is 6.35. The molecule has 0 bridgehead atoms. The Balaban J connectivity index is 1.76. The number of hydrogen-bond donors (Lipinski definition) is 2. The predicted octanol–water partition coefficient (Wildman–Crippen LogP) is 2.28. The van der Waals surface area contributed by atoms with E-state index in [2.05, 4.69) is 15.6 Å². The maximum atomic E-state index is 11.7. The largest absolute Gasteiger partial charge is 0.484 e. The minimum absolute atomic E-state index is 0.104. The van der Waals surface area contributed by atoms with Crippen LogP contribution in [0.2, 0.25) is 0 Å². The van der Waals surface area contributed by atoms with Crippen molar-refractivity contribution in [2.45, 2.75) is 6.92 Å². The van der Waals surface area contributed by atoms with Crippen molar-refractivity contribution in [2.75, 3.05) is 11.9 Å². The molecular weight excluding hydrogens is 286 g/mol. The van der Waals surface area contributed by atoms with Gasteiger partial charge in [0.05, 0.1) is 0 Å². The van der Waals surface area contributed by atoms with Crippen LogP contribution in [-0.4, -0.2) is 22.6 Å². The lowest BCUT2D eigenvalue weighted by Crippen LogP contribution is -2.37. The number of ether oxygens (including phenoxy) is 1. The molecule has 2 rings (SSSR count). The van der Waals surface area contributed by atoms with E-state index in [0.29, 0.717) is 11.6 Å². The fourth-order valence-electron chi connectivity index (χ4n) is 1.53. The third kappa shape index (κ3) is 5.19. The quantitative estimate of drug-likeness (QED) is 0.848. The average Bonchev–Trinajstić information content (AvgIpc) is 2.47. The van der Waals surface area contributed by atoms with Gasteiger partial charge in [0.15, 0.2) is 11.7 Å². The summed E-state index contributed by atoms with van der Waals surface area (Å²) in [5, 5.41) is 5.52. The number of nitrogens with zero attached hydrogens (tertiary/aromatic N) is 1. The molecule has 0 aliphatic rings. The molecule has 1 amide bonds. The summed E-state index contributed by atoms with van der Waals surface area (Å²) in [4.78, 5) is 15.7. The van der Waals surface area contributed by atoms with Crippen molar-refractivity contribution in [1.29, 1.82) is 0 Å². The Kier molecular flexibility index (Phi) is 5.22. The highest BCUT2D eigenvalue weighted by atomic mass is 32.1. The van der Waals surface area contributed by atoms with E-state index in [4.69, 9.17) is 17.0 Å². The second-order valence-corrected chi connectivity index (χ2v) is 4.73. The number of nitrogens with one attached hydrogen (secondary N) is 2. The summed E-state index contributed by atoms with van der Waals surface area (Å²) in [6.07, 6.45) is 1.63. The summed E-state index contributed by atoms with van der Waals surface area (Å²) in [6.45, 7) is 1.88. The van der Waals surface area contributed by atoms with Crippen LogP contribution in [0.4, 0.5) is 5.82 Å². The second kappa shape index (κ2) is 7.35. The van der Waals surface area contributed by atoms with Gasteiger partial charge in [-0.15, -0.1) is 0 Å². The monoisotopic (exact) mass is 301 g/mol. The molecule has 0 aliphatic heterocycles. The van der Waals surface area contributed by atoms with Gasteiger partial charge in [0.25, 0.3) is 5.91 Å². The summed E-state index contributed by atoms with van der Waals surface area (Å²) < 4.78 is 5.36. The summed E-state index contributed by atoms with van der Waals surface area (Å²) in [5.41, 5.74) is 1.13. The molecule has 0 radical (unpaired) electrons. The maximum Gasteiger partial charge on any atom is 0.264 e. The third-order valence-electron chi connectivity index (χ3n) is 2.55. The topological polar surface area (TPSA) is 63.2 Å². The van der Waals surface area contributed by atoms with Crippen LogP contribution in [0, 0.1) is 6.92 Å². The Hall–Kier alpha value is -2.47. The zero-order valence-corrected chi connectivity index (χ0v) is 12.3. The number of hydrogen-bond acceptors (Lipinski definition) is 4. The van der Waals surface area contributed by atoms with Crippen molar-refractivity contribution < 1.29 is 9.53 Å². The van der Waals surface area contributed by atoms with Gasteiger partial charge < -0.3 is 10.1 Å². The molecule has 0 fully saturated rings. The lowest BCUT2D eigenvalue weighted by atomic mass is 10.2. The number of amides is 1. The van der Waals surface area contributed by atoms with Gasteiger partial charge in [-0.2, -0.15) is 0 Å². The number of rotatable bonds is 4. The standard InChI is InChI=1S/C15H15N3O2S/c1-11-5-7-12(8-6-11)20-10-14(19)18-15(21)17-13-4-2-3-9-16-13/h2-9H,10H2,1H3,(H2,16,17,18,19,21). The van der Waals surface area contributed by atoms with Crippen LogP contribution in [0.1, 0.15) is 5.56 Å². The first-order valence-corrected chi connectivity index (χ1v) is 6.75. The Morgan fingerprint density at radius 3 is 2.67 bits per heavy atom. The van der Waals surface area contributed by atoms with Crippen LogP contribution < -0.4 is 15.4 Å². The molecule has 1 aromatic heterocycles. The molecule has 6 heteroatoms. The summed E-state index contributed by atoms with van der Waals surface area (Å²) in [5.74, 6) is 0.880. The lowest BCUT2D eigenvalue weighted by Gasteiger charge is -2.09. The third-order valence-corrected chi connectivity index (χ3v) is 2.75. The highest BCUT2D eigenvalue weighted by Crippen LogP contribution is 2.10. The Labute approximate surface area is 128 Å². The number of carbonyl (C=O) groups is 1.